The van der Waals surface area contributed by atoms with E-state index in [-0.39, 0.29) is 5.91 Å². The molecule has 0 saturated heterocycles. The molecular formula is C15H21N3OS. The number of pyridine rings is 1. The normalized spacial score (nSPS) is 17.4. The maximum atomic E-state index is 12.8. The Morgan fingerprint density at radius 2 is 2.15 bits per heavy atom. The molecule has 1 amide bonds. The summed E-state index contributed by atoms with van der Waals surface area (Å²) in [6.45, 7) is 0.539. The molecule has 0 aliphatic heterocycles. The summed E-state index contributed by atoms with van der Waals surface area (Å²) in [7, 11) is 1.81. The number of nitrogens with zero attached hydrogens (tertiary/aromatic N) is 2. The van der Waals surface area contributed by atoms with Gasteiger partial charge < -0.3 is 10.6 Å². The fourth-order valence-electron chi connectivity index (χ4n) is 2.92. The zero-order chi connectivity index (χ0) is 14.6. The van der Waals surface area contributed by atoms with Gasteiger partial charge in [-0.05, 0) is 24.5 Å². The van der Waals surface area contributed by atoms with Gasteiger partial charge in [-0.3, -0.25) is 9.78 Å². The van der Waals surface area contributed by atoms with Gasteiger partial charge in [0, 0.05) is 26.0 Å². The highest BCUT2D eigenvalue weighted by Gasteiger charge is 2.43. The lowest BCUT2D eigenvalue weighted by Gasteiger charge is -2.37. The van der Waals surface area contributed by atoms with Crippen LogP contribution in [0.4, 0.5) is 0 Å². The number of amides is 1. The number of aromatic nitrogens is 1. The SMILES string of the molecule is CN(Cc1cccnc1)C(=O)C1(C(N)=S)CCCCC1. The van der Waals surface area contributed by atoms with Crippen molar-refractivity contribution in [2.45, 2.75) is 38.6 Å². The zero-order valence-corrected chi connectivity index (χ0v) is 12.7. The first-order chi connectivity index (χ1) is 9.56. The van der Waals surface area contributed by atoms with E-state index in [9.17, 15) is 4.79 Å². The minimum absolute atomic E-state index is 0.0496. The third-order valence-corrected chi connectivity index (χ3v) is 4.47. The average Bonchev–Trinajstić information content (AvgIpc) is 2.48. The molecule has 0 atom stereocenters. The minimum Gasteiger partial charge on any atom is -0.392 e. The number of thiocarbonyl (C=S) groups is 1. The van der Waals surface area contributed by atoms with Crippen LogP contribution in [0.5, 0.6) is 0 Å². The average molecular weight is 291 g/mol. The van der Waals surface area contributed by atoms with Crippen molar-refractivity contribution >= 4 is 23.1 Å². The number of hydrogen-bond donors (Lipinski definition) is 1. The first-order valence-corrected chi connectivity index (χ1v) is 7.41. The van der Waals surface area contributed by atoms with E-state index in [0.717, 1.165) is 37.7 Å². The summed E-state index contributed by atoms with van der Waals surface area (Å²) in [6, 6.07) is 3.84. The predicted octanol–water partition coefficient (Wildman–Crippen LogP) is 2.28. The van der Waals surface area contributed by atoms with Crippen molar-refractivity contribution in [3.63, 3.8) is 0 Å². The molecule has 1 heterocycles. The van der Waals surface area contributed by atoms with Crippen LogP contribution in [0.25, 0.3) is 0 Å². The van der Waals surface area contributed by atoms with Crippen molar-refractivity contribution in [3.8, 4) is 0 Å². The molecule has 0 unspecified atom stereocenters. The molecule has 1 aromatic rings. The topological polar surface area (TPSA) is 59.2 Å². The molecule has 0 bridgehead atoms. The molecule has 0 spiro atoms. The van der Waals surface area contributed by atoms with E-state index in [1.165, 1.54) is 0 Å². The first kappa shape index (κ1) is 14.9. The van der Waals surface area contributed by atoms with Crippen LogP contribution in [0.3, 0.4) is 0 Å². The zero-order valence-electron chi connectivity index (χ0n) is 11.8. The Morgan fingerprint density at radius 3 is 2.70 bits per heavy atom. The van der Waals surface area contributed by atoms with E-state index < -0.39 is 5.41 Å². The van der Waals surface area contributed by atoms with Crippen LogP contribution in [-0.2, 0) is 11.3 Å². The fourth-order valence-corrected chi connectivity index (χ4v) is 3.22. The largest absolute Gasteiger partial charge is 0.392 e. The Kier molecular flexibility index (Phi) is 4.70. The summed E-state index contributed by atoms with van der Waals surface area (Å²) < 4.78 is 0. The monoisotopic (exact) mass is 291 g/mol. The van der Waals surface area contributed by atoms with Crippen molar-refractivity contribution < 1.29 is 4.79 Å². The highest BCUT2D eigenvalue weighted by molar-refractivity contribution is 7.80. The van der Waals surface area contributed by atoms with E-state index in [1.807, 2.05) is 19.2 Å². The molecule has 1 aliphatic rings. The molecule has 1 aliphatic carbocycles. The van der Waals surface area contributed by atoms with Gasteiger partial charge in [0.1, 0.15) is 0 Å². The number of carbonyl (C=O) groups excluding carboxylic acids is 1. The second-order valence-corrected chi connectivity index (χ2v) is 5.97. The minimum atomic E-state index is -0.634. The van der Waals surface area contributed by atoms with Crippen LogP contribution in [-0.4, -0.2) is 27.8 Å². The van der Waals surface area contributed by atoms with Crippen LogP contribution in [0.2, 0.25) is 0 Å². The Balaban J connectivity index is 2.13. The number of rotatable bonds is 4. The smallest absolute Gasteiger partial charge is 0.235 e. The first-order valence-electron chi connectivity index (χ1n) is 7.01. The van der Waals surface area contributed by atoms with Gasteiger partial charge in [-0.15, -0.1) is 0 Å². The summed E-state index contributed by atoms with van der Waals surface area (Å²) in [5, 5.41) is 0. The second kappa shape index (κ2) is 6.31. The van der Waals surface area contributed by atoms with E-state index >= 15 is 0 Å². The molecule has 5 heteroatoms. The third kappa shape index (κ3) is 2.98. The highest BCUT2D eigenvalue weighted by atomic mass is 32.1. The van der Waals surface area contributed by atoms with Crippen LogP contribution >= 0.6 is 12.2 Å². The van der Waals surface area contributed by atoms with Crippen molar-refractivity contribution in [3.05, 3.63) is 30.1 Å². The Morgan fingerprint density at radius 1 is 1.45 bits per heavy atom. The van der Waals surface area contributed by atoms with E-state index in [4.69, 9.17) is 18.0 Å². The number of hydrogen-bond acceptors (Lipinski definition) is 3. The van der Waals surface area contributed by atoms with Crippen LogP contribution in [0.15, 0.2) is 24.5 Å². The van der Waals surface area contributed by atoms with Crippen LogP contribution in [0, 0.1) is 5.41 Å². The molecule has 1 aromatic heterocycles. The van der Waals surface area contributed by atoms with Gasteiger partial charge in [0.05, 0.1) is 10.4 Å². The van der Waals surface area contributed by atoms with Crippen molar-refractivity contribution in [2.24, 2.45) is 11.1 Å². The lowest BCUT2D eigenvalue weighted by molar-refractivity contribution is -0.138. The maximum absolute atomic E-state index is 12.8. The lowest BCUT2D eigenvalue weighted by atomic mass is 9.73. The molecule has 0 radical (unpaired) electrons. The highest BCUT2D eigenvalue weighted by Crippen LogP contribution is 2.38. The molecule has 0 aromatic carbocycles. The molecule has 4 nitrogen and oxygen atoms in total. The van der Waals surface area contributed by atoms with Gasteiger partial charge in [-0.2, -0.15) is 0 Å². The molecule has 108 valence electrons. The summed E-state index contributed by atoms with van der Waals surface area (Å²) in [5.74, 6) is 0.0496. The summed E-state index contributed by atoms with van der Waals surface area (Å²) in [4.78, 5) is 18.9. The number of carbonyl (C=O) groups is 1. The Labute approximate surface area is 125 Å². The van der Waals surface area contributed by atoms with Crippen molar-refractivity contribution in [2.75, 3.05) is 7.05 Å². The van der Waals surface area contributed by atoms with E-state index in [0.29, 0.717) is 11.5 Å². The predicted molar refractivity (Wildman–Crippen MR) is 83.0 cm³/mol. The van der Waals surface area contributed by atoms with Gasteiger partial charge in [-0.1, -0.05) is 37.5 Å². The Bertz CT molecular complexity index is 483. The van der Waals surface area contributed by atoms with Crippen LogP contribution in [0.1, 0.15) is 37.7 Å². The van der Waals surface area contributed by atoms with E-state index in [2.05, 4.69) is 4.98 Å². The van der Waals surface area contributed by atoms with Gasteiger partial charge in [0.25, 0.3) is 0 Å². The molecule has 2 rings (SSSR count). The molecule has 20 heavy (non-hydrogen) atoms. The summed E-state index contributed by atoms with van der Waals surface area (Å²) in [6.07, 6.45) is 8.25. The maximum Gasteiger partial charge on any atom is 0.235 e. The quantitative estimate of drug-likeness (QED) is 0.865. The third-order valence-electron chi connectivity index (χ3n) is 4.08. The Hall–Kier alpha value is -1.49. The molecule has 1 saturated carbocycles. The standard InChI is InChI=1S/C15H21N3OS/c1-18(11-12-6-5-9-17-10-12)14(19)15(13(16)20)7-3-2-4-8-15/h5-6,9-10H,2-4,7-8,11H2,1H3,(H2,16,20). The van der Waals surface area contributed by atoms with Gasteiger partial charge in [-0.25, -0.2) is 0 Å². The van der Waals surface area contributed by atoms with Gasteiger partial charge in [0.15, 0.2) is 0 Å². The van der Waals surface area contributed by atoms with Gasteiger partial charge in [0.2, 0.25) is 5.91 Å². The molecule has 1 fully saturated rings. The van der Waals surface area contributed by atoms with E-state index in [1.54, 1.807) is 17.3 Å². The summed E-state index contributed by atoms with van der Waals surface area (Å²) >= 11 is 5.21. The van der Waals surface area contributed by atoms with Crippen LogP contribution < -0.4 is 5.73 Å². The molecular weight excluding hydrogens is 270 g/mol. The summed E-state index contributed by atoms with van der Waals surface area (Å²) in [5.41, 5.74) is 6.28. The molecule has 2 N–H and O–H groups in total. The second-order valence-electron chi connectivity index (χ2n) is 5.53. The van der Waals surface area contributed by atoms with Gasteiger partial charge >= 0.3 is 0 Å². The number of nitrogens with two attached hydrogens (primary N) is 1. The van der Waals surface area contributed by atoms with Crippen molar-refractivity contribution in [1.82, 2.24) is 9.88 Å². The van der Waals surface area contributed by atoms with Crippen molar-refractivity contribution in [1.29, 1.82) is 0 Å². The lowest BCUT2D eigenvalue weighted by Crippen LogP contribution is -2.50. The fraction of sp³-hybridized carbons (Fsp3) is 0.533.